The van der Waals surface area contributed by atoms with Gasteiger partial charge in [-0.1, -0.05) is 18.2 Å². The molecule has 1 fully saturated rings. The molecule has 13 heteroatoms. The fourth-order valence-corrected chi connectivity index (χ4v) is 6.39. The van der Waals surface area contributed by atoms with Crippen LogP contribution in [0, 0.1) is 6.92 Å². The number of urea groups is 1. The molecule has 2 aromatic heterocycles. The molecule has 3 amide bonds. The third kappa shape index (κ3) is 6.54. The molecular formula is C32H36N8O4S. The van der Waals surface area contributed by atoms with Crippen LogP contribution >= 0.6 is 11.3 Å². The number of nitrogens with zero attached hydrogens (tertiary/aromatic N) is 6. The van der Waals surface area contributed by atoms with Gasteiger partial charge < -0.3 is 25.2 Å². The van der Waals surface area contributed by atoms with Gasteiger partial charge in [-0.15, -0.1) is 11.3 Å². The van der Waals surface area contributed by atoms with Crippen LogP contribution < -0.4 is 15.5 Å². The maximum Gasteiger partial charge on any atom is 0.357 e. The van der Waals surface area contributed by atoms with Gasteiger partial charge in [0.2, 0.25) is 0 Å². The van der Waals surface area contributed by atoms with Gasteiger partial charge in [-0.2, -0.15) is 5.10 Å². The molecule has 4 heterocycles. The number of hydrogen-bond acceptors (Lipinski definition) is 9. The van der Waals surface area contributed by atoms with Crippen LogP contribution in [0.2, 0.25) is 0 Å². The zero-order chi connectivity index (χ0) is 31.5. The number of rotatable bonds is 7. The van der Waals surface area contributed by atoms with Gasteiger partial charge in [-0.3, -0.25) is 14.4 Å². The molecule has 234 valence electrons. The quantitative estimate of drug-likeness (QED) is 0.291. The molecule has 0 radical (unpaired) electrons. The number of para-hydroxylation sites is 2. The summed E-state index contributed by atoms with van der Waals surface area (Å²) >= 11 is 1.44. The summed E-state index contributed by atoms with van der Waals surface area (Å²) in [5.74, 6) is 0.362. The molecule has 2 N–H and O–H groups in total. The number of carbonyl (C=O) groups excluding carboxylic acids is 3. The topological polar surface area (TPSA) is 125 Å². The summed E-state index contributed by atoms with van der Waals surface area (Å²) in [6.07, 6.45) is 1.79. The first-order valence-corrected chi connectivity index (χ1v) is 15.8. The molecule has 0 bridgehead atoms. The highest BCUT2D eigenvalue weighted by molar-refractivity contribution is 7.09. The molecule has 12 nitrogen and oxygen atoms in total. The van der Waals surface area contributed by atoms with Gasteiger partial charge in [-0.05, 0) is 49.2 Å². The fourth-order valence-electron chi connectivity index (χ4n) is 5.59. The summed E-state index contributed by atoms with van der Waals surface area (Å²) < 4.78 is 6.80. The third-order valence-corrected chi connectivity index (χ3v) is 8.94. The molecule has 4 aromatic rings. The van der Waals surface area contributed by atoms with Gasteiger partial charge >= 0.3 is 12.0 Å². The Hall–Kier alpha value is -4.75. The molecular weight excluding hydrogens is 592 g/mol. The van der Waals surface area contributed by atoms with Gasteiger partial charge in [0.15, 0.2) is 5.69 Å². The number of amides is 3. The van der Waals surface area contributed by atoms with Crippen molar-refractivity contribution in [3.05, 3.63) is 87.0 Å². The Labute approximate surface area is 265 Å². The second-order valence-electron chi connectivity index (χ2n) is 11.1. The minimum absolute atomic E-state index is 0.104. The fraction of sp³-hybridized carbons (Fsp3) is 0.344. The van der Waals surface area contributed by atoms with Crippen LogP contribution in [0.3, 0.4) is 0 Å². The SMILES string of the molecule is CCOC(=O)c1csc(CN2CCN(C(=O)NCc3ccc(C(=O)N4Cc5cnn(C)c5Nc5ccccc54)cc3C)CC2)n1. The lowest BCUT2D eigenvalue weighted by molar-refractivity contribution is 0.0519. The number of nitrogens with one attached hydrogen (secondary N) is 2. The summed E-state index contributed by atoms with van der Waals surface area (Å²) in [5.41, 5.74) is 5.39. The van der Waals surface area contributed by atoms with Crippen LogP contribution in [0.25, 0.3) is 0 Å². The second-order valence-corrected chi connectivity index (χ2v) is 12.0. The number of ether oxygens (including phenoxy) is 1. The molecule has 0 aliphatic carbocycles. The molecule has 0 saturated carbocycles. The van der Waals surface area contributed by atoms with Crippen molar-refractivity contribution in [1.29, 1.82) is 0 Å². The maximum atomic E-state index is 13.8. The van der Waals surface area contributed by atoms with Gasteiger partial charge in [0, 0.05) is 56.3 Å². The van der Waals surface area contributed by atoms with Crippen molar-refractivity contribution < 1.29 is 19.1 Å². The van der Waals surface area contributed by atoms with Gasteiger partial charge in [-0.25, -0.2) is 14.6 Å². The summed E-state index contributed by atoms with van der Waals surface area (Å²) in [6, 6.07) is 13.3. The number of anilines is 3. The molecule has 6 rings (SSSR count). The normalized spacial score (nSPS) is 14.6. The molecule has 1 saturated heterocycles. The summed E-state index contributed by atoms with van der Waals surface area (Å²) in [7, 11) is 1.88. The summed E-state index contributed by atoms with van der Waals surface area (Å²) in [5, 5.41) is 13.4. The van der Waals surface area contributed by atoms with E-state index in [4.69, 9.17) is 4.74 Å². The van der Waals surface area contributed by atoms with Crippen LogP contribution in [0.15, 0.2) is 54.0 Å². The zero-order valence-corrected chi connectivity index (χ0v) is 26.4. The molecule has 0 atom stereocenters. The first-order chi connectivity index (χ1) is 21.8. The van der Waals surface area contributed by atoms with E-state index in [1.165, 1.54) is 11.3 Å². The average Bonchev–Trinajstić information content (AvgIpc) is 3.61. The van der Waals surface area contributed by atoms with Crippen molar-refractivity contribution in [2.75, 3.05) is 43.0 Å². The van der Waals surface area contributed by atoms with Gasteiger partial charge in [0.05, 0.1) is 37.3 Å². The van der Waals surface area contributed by atoms with Crippen molar-refractivity contribution in [3.63, 3.8) is 0 Å². The molecule has 2 aliphatic heterocycles. The number of aromatic nitrogens is 3. The largest absolute Gasteiger partial charge is 0.461 e. The number of fused-ring (bicyclic) bond motifs is 2. The summed E-state index contributed by atoms with van der Waals surface area (Å²) in [6.45, 7) is 8.07. The number of piperazine rings is 1. The number of thiazole rings is 1. The third-order valence-electron chi connectivity index (χ3n) is 8.11. The Kier molecular flexibility index (Phi) is 8.80. The van der Waals surface area contributed by atoms with E-state index in [1.54, 1.807) is 28.1 Å². The monoisotopic (exact) mass is 628 g/mol. The lowest BCUT2D eigenvalue weighted by Crippen LogP contribution is -2.51. The van der Waals surface area contributed by atoms with Crippen molar-refractivity contribution in [1.82, 2.24) is 29.9 Å². The molecule has 0 spiro atoms. The first kappa shape index (κ1) is 30.3. The number of aryl methyl sites for hydroxylation is 2. The van der Waals surface area contributed by atoms with E-state index in [1.807, 2.05) is 61.3 Å². The lowest BCUT2D eigenvalue weighted by atomic mass is 10.0. The van der Waals surface area contributed by atoms with Crippen molar-refractivity contribution in [3.8, 4) is 0 Å². The average molecular weight is 629 g/mol. The predicted octanol–water partition coefficient (Wildman–Crippen LogP) is 4.29. The van der Waals surface area contributed by atoms with Gasteiger partial charge in [0.25, 0.3) is 5.91 Å². The number of benzene rings is 2. The van der Waals surface area contributed by atoms with Crippen LogP contribution in [-0.2, 0) is 31.4 Å². The smallest absolute Gasteiger partial charge is 0.357 e. The first-order valence-electron chi connectivity index (χ1n) is 15.0. The second kappa shape index (κ2) is 13.1. The van der Waals surface area contributed by atoms with E-state index in [0.29, 0.717) is 63.7 Å². The minimum Gasteiger partial charge on any atom is -0.461 e. The van der Waals surface area contributed by atoms with Crippen LogP contribution in [-0.4, -0.2) is 75.3 Å². The maximum absolute atomic E-state index is 13.8. The van der Waals surface area contributed by atoms with Crippen LogP contribution in [0.4, 0.5) is 22.0 Å². The Morgan fingerprint density at radius 2 is 1.89 bits per heavy atom. The van der Waals surface area contributed by atoms with E-state index in [9.17, 15) is 14.4 Å². The van der Waals surface area contributed by atoms with E-state index >= 15 is 0 Å². The standard InChI is InChI=1S/C32H36N8O4S/c1-4-44-31(42)26-20-45-28(35-26)19-38-11-13-39(14-12-38)32(43)33-16-23-10-9-22(15-21(23)2)30(41)40-18-24-17-34-37(3)29(24)36-25-7-5-6-8-27(25)40/h5-10,15,17,20,36H,4,11-14,16,18-19H2,1-3H3,(H,33,43). The van der Waals surface area contributed by atoms with Crippen molar-refractivity contribution >= 4 is 46.4 Å². The molecule has 2 aromatic carbocycles. The Morgan fingerprint density at radius 1 is 1.09 bits per heavy atom. The Bertz CT molecular complexity index is 1730. The zero-order valence-electron chi connectivity index (χ0n) is 25.6. The highest BCUT2D eigenvalue weighted by atomic mass is 32.1. The number of hydrogen-bond donors (Lipinski definition) is 2. The Balaban J connectivity index is 1.04. The molecule has 45 heavy (non-hydrogen) atoms. The number of esters is 1. The highest BCUT2D eigenvalue weighted by Gasteiger charge is 2.27. The van der Waals surface area contributed by atoms with Gasteiger partial charge in [0.1, 0.15) is 10.8 Å². The van der Waals surface area contributed by atoms with Crippen molar-refractivity contribution in [2.45, 2.75) is 33.5 Å². The summed E-state index contributed by atoms with van der Waals surface area (Å²) in [4.78, 5) is 48.9. The van der Waals surface area contributed by atoms with E-state index in [2.05, 4.69) is 25.6 Å². The predicted molar refractivity (Wildman–Crippen MR) is 172 cm³/mol. The van der Waals surface area contributed by atoms with E-state index in [-0.39, 0.29) is 11.9 Å². The number of carbonyl (C=O) groups is 3. The van der Waals surface area contributed by atoms with E-state index < -0.39 is 5.97 Å². The van der Waals surface area contributed by atoms with Crippen LogP contribution in [0.1, 0.15) is 49.5 Å². The Morgan fingerprint density at radius 3 is 2.67 bits per heavy atom. The molecule has 0 unspecified atom stereocenters. The molecule has 2 aliphatic rings. The van der Waals surface area contributed by atoms with E-state index in [0.717, 1.165) is 38.9 Å². The lowest BCUT2D eigenvalue weighted by Gasteiger charge is -2.34. The highest BCUT2D eigenvalue weighted by Crippen LogP contribution is 2.36. The van der Waals surface area contributed by atoms with Crippen molar-refractivity contribution in [2.24, 2.45) is 7.05 Å². The minimum atomic E-state index is -0.400. The van der Waals surface area contributed by atoms with Crippen LogP contribution in [0.5, 0.6) is 0 Å².